The molecule has 2 nitrogen and oxygen atoms in total. The zero-order chi connectivity index (χ0) is 0. The molecular weight excluding hydrogens is 220 g/mol. The van der Waals surface area contributed by atoms with Gasteiger partial charge >= 0.3 is 0 Å². The maximum Gasteiger partial charge on any atom is 0 e. The average Bonchev–Trinajstić information content (AvgIpc) is 0. The van der Waals surface area contributed by atoms with E-state index >= 15 is 0 Å². The quantitative estimate of drug-likeness (QED) is 0.442. The van der Waals surface area contributed by atoms with Crippen LogP contribution in [0.15, 0.2) is 0 Å². The van der Waals surface area contributed by atoms with Gasteiger partial charge in [-0.25, -0.2) is 0 Å². The molecule has 0 saturated carbocycles. The van der Waals surface area contributed by atoms with E-state index in [-0.39, 0.29) is 74.4 Å². The third kappa shape index (κ3) is 8.99. The van der Waals surface area contributed by atoms with Crippen molar-refractivity contribution in [2.75, 3.05) is 0 Å². The van der Waals surface area contributed by atoms with Crippen molar-refractivity contribution in [3.63, 3.8) is 0 Å². The first-order chi connectivity index (χ1) is 0. The van der Waals surface area contributed by atoms with Crippen LogP contribution in [0.3, 0.4) is 0 Å². The summed E-state index contributed by atoms with van der Waals surface area (Å²) in [5.74, 6) is 0. The summed E-state index contributed by atoms with van der Waals surface area (Å²) < 4.78 is 0. The van der Waals surface area contributed by atoms with Crippen LogP contribution in [0.25, 0.3) is 0 Å². The largest absolute Gasteiger partial charge is 0.412 e. The summed E-state index contributed by atoms with van der Waals surface area (Å²) >= 11 is 0. The summed E-state index contributed by atoms with van der Waals surface area (Å²) in [7, 11) is 0. The summed E-state index contributed by atoms with van der Waals surface area (Å²) in [5, 5.41) is 0. The standard InChI is InChI=1S/Ce.2H2O.Ti/h;2*1H2;. The van der Waals surface area contributed by atoms with E-state index in [1.54, 1.807) is 0 Å². The molecule has 0 atom stereocenters. The van der Waals surface area contributed by atoms with E-state index in [4.69, 9.17) is 0 Å². The van der Waals surface area contributed by atoms with E-state index in [1.807, 2.05) is 0 Å². The van der Waals surface area contributed by atoms with Crippen LogP contribution in [-0.4, -0.2) is 11.0 Å². The predicted octanol–water partition coefficient (Wildman–Crippen LogP) is -1.65. The van der Waals surface area contributed by atoms with Gasteiger partial charge < -0.3 is 11.0 Å². The minimum absolute atomic E-state index is 0. The van der Waals surface area contributed by atoms with Crippen LogP contribution in [0.1, 0.15) is 0 Å². The fraction of sp³-hybridized carbons (Fsp3) is 0. The summed E-state index contributed by atoms with van der Waals surface area (Å²) in [5.41, 5.74) is 0. The van der Waals surface area contributed by atoms with Crippen LogP contribution in [-0.2, 0) is 21.7 Å². The first-order valence-electron chi connectivity index (χ1n) is 0. The molecule has 0 rings (SSSR count). The van der Waals surface area contributed by atoms with Crippen LogP contribution in [0.5, 0.6) is 0 Å². The van der Waals surface area contributed by atoms with Crippen molar-refractivity contribution >= 4 is 0 Å². The van der Waals surface area contributed by atoms with Gasteiger partial charge in [0.1, 0.15) is 0 Å². The van der Waals surface area contributed by atoms with Gasteiger partial charge in [0.25, 0.3) is 0 Å². The van der Waals surface area contributed by atoms with Crippen molar-refractivity contribution < 1.29 is 74.4 Å². The van der Waals surface area contributed by atoms with Gasteiger partial charge in [0.05, 0.1) is 0 Å². The zero-order valence-electron chi connectivity index (χ0n) is 2.00. The molecule has 0 fully saturated rings. The molecule has 0 aromatic rings. The van der Waals surface area contributed by atoms with Crippen molar-refractivity contribution in [3.05, 3.63) is 0 Å². The van der Waals surface area contributed by atoms with Gasteiger partial charge in [-0.2, -0.15) is 0 Å². The molecule has 0 aliphatic rings. The van der Waals surface area contributed by atoms with Gasteiger partial charge in [-0.3, -0.25) is 0 Å². The van der Waals surface area contributed by atoms with Gasteiger partial charge in [0.2, 0.25) is 0 Å². The zero-order valence-corrected chi connectivity index (χ0v) is 6.70. The molecule has 0 spiro atoms. The average molecular weight is 224 g/mol. The SMILES string of the molecule is O.O.[Ce].[Ti]. The van der Waals surface area contributed by atoms with Crippen molar-refractivity contribution in [2.24, 2.45) is 0 Å². The van der Waals surface area contributed by atoms with Crippen LogP contribution in [0, 0.1) is 41.7 Å². The number of hydrogen-bond acceptors (Lipinski definition) is 0. The topological polar surface area (TPSA) is 63.0 Å². The Labute approximate surface area is 73.2 Å². The van der Waals surface area contributed by atoms with E-state index in [9.17, 15) is 0 Å². The maximum atomic E-state index is 0. The molecular formula is H4CeO2Ti. The molecule has 0 unspecified atom stereocenters. The maximum absolute atomic E-state index is 0. The molecule has 0 bridgehead atoms. The molecule has 4 N–H and O–H groups in total. The molecule has 0 amide bonds. The fourth-order valence-corrected chi connectivity index (χ4v) is 0. The Morgan fingerprint density at radius 3 is 0.750 bits per heavy atom. The third-order valence-electron chi connectivity index (χ3n) is 0. The monoisotopic (exact) mass is 224 g/mol. The Bertz CT molecular complexity index is 6.00. The molecule has 0 aliphatic heterocycles. The van der Waals surface area contributed by atoms with E-state index < -0.39 is 0 Å². The summed E-state index contributed by atoms with van der Waals surface area (Å²) in [4.78, 5) is 0. The van der Waals surface area contributed by atoms with Gasteiger partial charge in [0.15, 0.2) is 0 Å². The Kier molecular flexibility index (Phi) is 186. The van der Waals surface area contributed by atoms with Crippen molar-refractivity contribution in [1.29, 1.82) is 0 Å². The summed E-state index contributed by atoms with van der Waals surface area (Å²) in [6.07, 6.45) is 0. The Balaban J connectivity index is 0. The first-order valence-corrected chi connectivity index (χ1v) is 0. The Morgan fingerprint density at radius 1 is 0.750 bits per heavy atom. The number of rotatable bonds is 0. The van der Waals surface area contributed by atoms with Crippen molar-refractivity contribution in [3.8, 4) is 0 Å². The minimum atomic E-state index is 0. The van der Waals surface area contributed by atoms with Crippen LogP contribution in [0.4, 0.5) is 0 Å². The van der Waals surface area contributed by atoms with Crippen LogP contribution in [0.2, 0.25) is 0 Å². The molecule has 4 heavy (non-hydrogen) atoms. The van der Waals surface area contributed by atoms with Gasteiger partial charge in [0, 0.05) is 63.5 Å². The molecule has 0 heterocycles. The second-order valence-electron chi connectivity index (χ2n) is 0. The first kappa shape index (κ1) is 37.3. The Hall–Kier alpha value is 2.01. The van der Waals surface area contributed by atoms with Crippen LogP contribution >= 0.6 is 0 Å². The number of hydrogen-bond donors (Lipinski definition) is 0. The second kappa shape index (κ2) is 19.9. The molecule has 0 aliphatic carbocycles. The normalized spacial score (nSPS) is 0. The molecule has 4 heteroatoms. The summed E-state index contributed by atoms with van der Waals surface area (Å²) in [6.45, 7) is 0. The molecule has 0 aromatic heterocycles. The molecule has 24 valence electrons. The van der Waals surface area contributed by atoms with Crippen LogP contribution < -0.4 is 0 Å². The molecule has 0 radical (unpaired) electrons. The van der Waals surface area contributed by atoms with Crippen molar-refractivity contribution in [2.45, 2.75) is 0 Å². The predicted molar refractivity (Wildman–Crippen MR) is 7.23 cm³/mol. The van der Waals surface area contributed by atoms with Gasteiger partial charge in [-0.15, -0.1) is 0 Å². The minimum Gasteiger partial charge on any atom is -0.412 e. The van der Waals surface area contributed by atoms with E-state index in [2.05, 4.69) is 0 Å². The van der Waals surface area contributed by atoms with Crippen molar-refractivity contribution in [1.82, 2.24) is 0 Å². The van der Waals surface area contributed by atoms with E-state index in [1.165, 1.54) is 0 Å². The fourth-order valence-electron chi connectivity index (χ4n) is 0. The molecule has 0 aromatic carbocycles. The smallest absolute Gasteiger partial charge is 0 e. The van der Waals surface area contributed by atoms with E-state index in [0.717, 1.165) is 0 Å². The summed E-state index contributed by atoms with van der Waals surface area (Å²) in [6, 6.07) is 0. The van der Waals surface area contributed by atoms with E-state index in [0.29, 0.717) is 0 Å². The van der Waals surface area contributed by atoms with Gasteiger partial charge in [-0.1, -0.05) is 0 Å². The van der Waals surface area contributed by atoms with Gasteiger partial charge in [-0.05, 0) is 0 Å². The third-order valence-corrected chi connectivity index (χ3v) is 0. The second-order valence-corrected chi connectivity index (χ2v) is 0. The Morgan fingerprint density at radius 2 is 0.750 bits per heavy atom. The molecule has 0 saturated heterocycles.